The molecule has 0 radical (unpaired) electrons. The van der Waals surface area contributed by atoms with Gasteiger partial charge in [0.2, 0.25) is 0 Å². The lowest BCUT2D eigenvalue weighted by Crippen LogP contribution is -2.50. The molecular weight excluding hydrogens is 365 g/mol. The van der Waals surface area contributed by atoms with Crippen LogP contribution in [0.3, 0.4) is 0 Å². The minimum absolute atomic E-state index is 0. The zero-order valence-electron chi connectivity index (χ0n) is 14.0. The molecule has 3 rings (SSSR count). The molecule has 2 aliphatic rings. The summed E-state index contributed by atoms with van der Waals surface area (Å²) in [5, 5.41) is 20.1. The third-order valence-corrected chi connectivity index (χ3v) is 4.57. The first-order chi connectivity index (χ1) is 11.2. The molecule has 1 aromatic rings. The molecule has 142 valence electrons. The normalized spacial score (nSPS) is 26.4. The summed E-state index contributed by atoms with van der Waals surface area (Å²) in [6.07, 6.45) is 1.18. The van der Waals surface area contributed by atoms with E-state index >= 15 is 0 Å². The summed E-state index contributed by atoms with van der Waals surface area (Å²) in [6.45, 7) is 2.83. The highest BCUT2D eigenvalue weighted by Crippen LogP contribution is 2.16. The Labute approximate surface area is 160 Å². The van der Waals surface area contributed by atoms with E-state index in [-0.39, 0.29) is 42.9 Å². The van der Waals surface area contributed by atoms with Crippen LogP contribution in [0.25, 0.3) is 0 Å². The largest absolute Gasteiger partial charge is 0.389 e. The van der Waals surface area contributed by atoms with Crippen LogP contribution in [-0.4, -0.2) is 61.5 Å². The zero-order chi connectivity index (χ0) is 16.1. The molecule has 0 aromatic heterocycles. The number of ether oxygens (including phenoxy) is 1. The van der Waals surface area contributed by atoms with Gasteiger partial charge in [-0.1, -0.05) is 18.2 Å². The second-order valence-corrected chi connectivity index (χ2v) is 6.24. The molecule has 0 bridgehead atoms. The molecule has 1 aromatic carbocycles. The molecule has 2 aliphatic heterocycles. The number of piperidine rings is 1. The highest BCUT2D eigenvalue weighted by molar-refractivity contribution is 5.94. The van der Waals surface area contributed by atoms with Crippen LogP contribution in [-0.2, 0) is 4.74 Å². The molecule has 6 nitrogen and oxygen atoms in total. The van der Waals surface area contributed by atoms with Gasteiger partial charge >= 0.3 is 0 Å². The van der Waals surface area contributed by atoms with Crippen molar-refractivity contribution < 1.29 is 14.6 Å². The quantitative estimate of drug-likeness (QED) is 0.594. The van der Waals surface area contributed by atoms with Crippen LogP contribution in [0.2, 0.25) is 0 Å². The summed E-state index contributed by atoms with van der Waals surface area (Å²) in [5.41, 5.74) is 0.615. The molecule has 0 spiro atoms. The molecule has 1 amide bonds. The SMILES string of the molecule is Cl.Cl.O=C(NC[C@H]1OC[C@@H](NC2CCNCC2)[C@@H]1O)c1ccccc1. The Morgan fingerprint density at radius 1 is 1.20 bits per heavy atom. The summed E-state index contributed by atoms with van der Waals surface area (Å²) < 4.78 is 5.66. The second kappa shape index (κ2) is 11.0. The third-order valence-electron chi connectivity index (χ3n) is 4.57. The summed E-state index contributed by atoms with van der Waals surface area (Å²) >= 11 is 0. The third kappa shape index (κ3) is 6.09. The molecule has 2 heterocycles. The fraction of sp³-hybridized carbons (Fsp3) is 0.588. The van der Waals surface area contributed by atoms with Crippen molar-refractivity contribution in [2.75, 3.05) is 26.2 Å². The van der Waals surface area contributed by atoms with Crippen molar-refractivity contribution in [3.63, 3.8) is 0 Å². The maximum Gasteiger partial charge on any atom is 0.251 e. The van der Waals surface area contributed by atoms with Crippen LogP contribution in [0.4, 0.5) is 0 Å². The predicted molar refractivity (Wildman–Crippen MR) is 102 cm³/mol. The molecule has 0 unspecified atom stereocenters. The second-order valence-electron chi connectivity index (χ2n) is 6.24. The molecule has 8 heteroatoms. The monoisotopic (exact) mass is 391 g/mol. The number of carbonyl (C=O) groups excluding carboxylic acids is 1. The molecule has 2 saturated heterocycles. The topological polar surface area (TPSA) is 82.6 Å². The molecule has 3 atom stereocenters. The highest BCUT2D eigenvalue weighted by atomic mass is 35.5. The van der Waals surface area contributed by atoms with Gasteiger partial charge in [-0.3, -0.25) is 4.79 Å². The fourth-order valence-corrected chi connectivity index (χ4v) is 3.19. The Balaban J connectivity index is 0.00000156. The van der Waals surface area contributed by atoms with E-state index in [2.05, 4.69) is 16.0 Å². The Kier molecular flexibility index (Phi) is 9.71. The number of halogens is 2. The van der Waals surface area contributed by atoms with Gasteiger partial charge in [0.05, 0.1) is 18.8 Å². The van der Waals surface area contributed by atoms with E-state index < -0.39 is 6.10 Å². The summed E-state index contributed by atoms with van der Waals surface area (Å²) in [6, 6.07) is 9.43. The Hall–Kier alpha value is -0.890. The number of aliphatic hydroxyl groups is 1. The lowest BCUT2D eigenvalue weighted by Gasteiger charge is -2.28. The molecule has 2 fully saturated rings. The van der Waals surface area contributed by atoms with Crippen LogP contribution in [0, 0.1) is 0 Å². The molecular formula is C17H27Cl2N3O3. The van der Waals surface area contributed by atoms with Crippen molar-refractivity contribution in [1.29, 1.82) is 0 Å². The van der Waals surface area contributed by atoms with E-state index in [1.165, 1.54) is 0 Å². The fourth-order valence-electron chi connectivity index (χ4n) is 3.19. The van der Waals surface area contributed by atoms with E-state index in [1.807, 2.05) is 18.2 Å². The number of rotatable bonds is 5. The van der Waals surface area contributed by atoms with Gasteiger partial charge in [-0.25, -0.2) is 0 Å². The Morgan fingerprint density at radius 3 is 2.56 bits per heavy atom. The number of hydrogen-bond donors (Lipinski definition) is 4. The van der Waals surface area contributed by atoms with E-state index in [0.717, 1.165) is 25.9 Å². The average molecular weight is 392 g/mol. The first-order valence-electron chi connectivity index (χ1n) is 8.34. The van der Waals surface area contributed by atoms with Gasteiger partial charge in [0.15, 0.2) is 0 Å². The minimum Gasteiger partial charge on any atom is -0.389 e. The van der Waals surface area contributed by atoms with Gasteiger partial charge in [0, 0.05) is 18.2 Å². The Morgan fingerprint density at radius 2 is 1.88 bits per heavy atom. The Bertz CT molecular complexity index is 515. The number of amides is 1. The van der Waals surface area contributed by atoms with Crippen molar-refractivity contribution in [3.8, 4) is 0 Å². The highest BCUT2D eigenvalue weighted by Gasteiger charge is 2.37. The van der Waals surface area contributed by atoms with Crippen LogP contribution < -0.4 is 16.0 Å². The maximum atomic E-state index is 12.0. The lowest BCUT2D eigenvalue weighted by atomic mass is 10.0. The molecule has 0 aliphatic carbocycles. The summed E-state index contributed by atoms with van der Waals surface area (Å²) in [5.74, 6) is -0.142. The van der Waals surface area contributed by atoms with Crippen molar-refractivity contribution in [1.82, 2.24) is 16.0 Å². The lowest BCUT2D eigenvalue weighted by molar-refractivity contribution is 0.0394. The summed E-state index contributed by atoms with van der Waals surface area (Å²) in [4.78, 5) is 12.0. The standard InChI is InChI=1S/C17H25N3O3.2ClH/c21-16-14(20-13-6-8-18-9-7-13)11-23-15(16)10-19-17(22)12-4-2-1-3-5-12;;/h1-5,13-16,18,20-21H,6-11H2,(H,19,22);2*1H/t14-,15-,16+;;/m1../s1. The number of carbonyl (C=O) groups is 1. The van der Waals surface area contributed by atoms with E-state index in [4.69, 9.17) is 4.74 Å². The van der Waals surface area contributed by atoms with Crippen LogP contribution in [0.5, 0.6) is 0 Å². The zero-order valence-corrected chi connectivity index (χ0v) is 15.7. The van der Waals surface area contributed by atoms with Crippen molar-refractivity contribution in [2.24, 2.45) is 0 Å². The number of nitrogens with one attached hydrogen (secondary N) is 3. The smallest absolute Gasteiger partial charge is 0.251 e. The molecule has 4 N–H and O–H groups in total. The van der Waals surface area contributed by atoms with Gasteiger partial charge in [0.1, 0.15) is 6.10 Å². The number of aliphatic hydroxyl groups excluding tert-OH is 1. The van der Waals surface area contributed by atoms with Crippen molar-refractivity contribution in [2.45, 2.75) is 37.1 Å². The van der Waals surface area contributed by atoms with Crippen molar-refractivity contribution >= 4 is 30.7 Å². The van der Waals surface area contributed by atoms with Gasteiger partial charge in [-0.2, -0.15) is 0 Å². The van der Waals surface area contributed by atoms with E-state index in [1.54, 1.807) is 12.1 Å². The van der Waals surface area contributed by atoms with Crippen LogP contribution in [0.1, 0.15) is 23.2 Å². The van der Waals surface area contributed by atoms with Gasteiger partial charge in [0.25, 0.3) is 5.91 Å². The van der Waals surface area contributed by atoms with E-state index in [9.17, 15) is 9.90 Å². The van der Waals surface area contributed by atoms with Gasteiger partial charge in [-0.15, -0.1) is 24.8 Å². The van der Waals surface area contributed by atoms with Gasteiger partial charge in [-0.05, 0) is 38.1 Å². The van der Waals surface area contributed by atoms with Crippen molar-refractivity contribution in [3.05, 3.63) is 35.9 Å². The minimum atomic E-state index is -0.596. The number of benzene rings is 1. The first kappa shape index (κ1) is 22.2. The number of hydrogen-bond acceptors (Lipinski definition) is 5. The molecule has 0 saturated carbocycles. The molecule has 25 heavy (non-hydrogen) atoms. The predicted octanol–water partition coefficient (Wildman–Crippen LogP) is 0.730. The van der Waals surface area contributed by atoms with Gasteiger partial charge < -0.3 is 25.8 Å². The van der Waals surface area contributed by atoms with Crippen LogP contribution >= 0.6 is 24.8 Å². The first-order valence-corrected chi connectivity index (χ1v) is 8.34. The van der Waals surface area contributed by atoms with E-state index in [0.29, 0.717) is 24.8 Å². The summed E-state index contributed by atoms with van der Waals surface area (Å²) in [7, 11) is 0. The average Bonchev–Trinajstić information content (AvgIpc) is 2.94. The maximum absolute atomic E-state index is 12.0. The van der Waals surface area contributed by atoms with Crippen LogP contribution in [0.15, 0.2) is 30.3 Å².